The van der Waals surface area contributed by atoms with Gasteiger partial charge in [0.1, 0.15) is 5.82 Å². The van der Waals surface area contributed by atoms with E-state index < -0.39 is 17.5 Å². The first-order valence-corrected chi connectivity index (χ1v) is 4.52. The van der Waals surface area contributed by atoms with Gasteiger partial charge in [0.25, 0.3) is 0 Å². The van der Waals surface area contributed by atoms with E-state index in [0.29, 0.717) is 18.2 Å². The lowest BCUT2D eigenvalue weighted by atomic mass is 10.2. The Morgan fingerprint density at radius 2 is 1.71 bits per heavy atom. The van der Waals surface area contributed by atoms with E-state index in [1.165, 1.54) is 0 Å². The fourth-order valence-electron chi connectivity index (χ4n) is 0.832. The van der Waals surface area contributed by atoms with Crippen molar-refractivity contribution in [3.05, 3.63) is 35.1 Å². The van der Waals surface area contributed by atoms with Gasteiger partial charge in [-0.05, 0) is 6.07 Å². The molecule has 0 aromatic heterocycles. The highest BCUT2D eigenvalue weighted by molar-refractivity contribution is 7.80. The van der Waals surface area contributed by atoms with Crippen LogP contribution in [0.2, 0.25) is 0 Å². The summed E-state index contributed by atoms with van der Waals surface area (Å²) >= 11 is 3.90. The van der Waals surface area contributed by atoms with Gasteiger partial charge in [0.2, 0.25) is 0 Å². The molecule has 4 heteroatoms. The van der Waals surface area contributed by atoms with Crippen molar-refractivity contribution < 1.29 is 13.2 Å². The van der Waals surface area contributed by atoms with Crippen molar-refractivity contribution in [2.45, 2.75) is 6.42 Å². The summed E-state index contributed by atoms with van der Waals surface area (Å²) in [4.78, 5) is 0. The maximum atomic E-state index is 12.9. The Morgan fingerprint density at radius 1 is 1.07 bits per heavy atom. The first kappa shape index (κ1) is 11.0. The van der Waals surface area contributed by atoms with Crippen molar-refractivity contribution in [3.63, 3.8) is 0 Å². The van der Waals surface area contributed by atoms with Gasteiger partial charge >= 0.3 is 0 Å². The Kier molecular flexibility index (Phi) is 3.90. The molecule has 0 bridgehead atoms. The number of benzene rings is 1. The average Bonchev–Trinajstić information content (AvgIpc) is 2.14. The summed E-state index contributed by atoms with van der Waals surface area (Å²) in [5.74, 6) is 2.37. The Balaban J connectivity index is 3.00. The fraction of sp³-hybridized carbons (Fsp3) is 0.200. The smallest absolute Gasteiger partial charge is 0.161 e. The normalized spacial score (nSPS) is 9.43. The molecular weight excluding hydrogens is 209 g/mol. The van der Waals surface area contributed by atoms with Crippen LogP contribution in [0.25, 0.3) is 0 Å². The van der Waals surface area contributed by atoms with Crippen LogP contribution in [0.1, 0.15) is 12.0 Å². The van der Waals surface area contributed by atoms with Gasteiger partial charge in [0, 0.05) is 18.2 Å². The monoisotopic (exact) mass is 216 g/mol. The van der Waals surface area contributed by atoms with Gasteiger partial charge in [-0.15, -0.1) is 0 Å². The van der Waals surface area contributed by atoms with E-state index in [2.05, 4.69) is 24.5 Å². The Bertz CT molecular complexity index is 390. The zero-order valence-electron chi connectivity index (χ0n) is 7.15. The zero-order valence-corrected chi connectivity index (χ0v) is 8.04. The summed E-state index contributed by atoms with van der Waals surface area (Å²) in [5, 5.41) is 0. The second-order valence-electron chi connectivity index (χ2n) is 2.52. The van der Waals surface area contributed by atoms with Gasteiger partial charge in [-0.3, -0.25) is 0 Å². The summed E-state index contributed by atoms with van der Waals surface area (Å²) in [6.45, 7) is 0. The minimum absolute atomic E-state index is 0.134. The van der Waals surface area contributed by atoms with E-state index in [1.54, 1.807) is 0 Å². The molecule has 0 nitrogen and oxygen atoms in total. The van der Waals surface area contributed by atoms with E-state index >= 15 is 0 Å². The summed E-state index contributed by atoms with van der Waals surface area (Å²) < 4.78 is 38.0. The van der Waals surface area contributed by atoms with Crippen molar-refractivity contribution in [1.82, 2.24) is 0 Å². The number of hydrogen-bond donors (Lipinski definition) is 1. The molecule has 0 heterocycles. The SMILES string of the molecule is Fc1cc(F)c(C#CCCS)cc1F. The Hall–Kier alpha value is -1.08. The molecule has 0 saturated heterocycles. The van der Waals surface area contributed by atoms with Gasteiger partial charge in [0.15, 0.2) is 11.6 Å². The molecule has 0 N–H and O–H groups in total. The van der Waals surface area contributed by atoms with Crippen LogP contribution in [0.4, 0.5) is 13.2 Å². The van der Waals surface area contributed by atoms with Crippen LogP contribution in [0.3, 0.4) is 0 Å². The van der Waals surface area contributed by atoms with Gasteiger partial charge in [-0.25, -0.2) is 13.2 Å². The molecule has 1 aromatic carbocycles. The van der Waals surface area contributed by atoms with Crippen LogP contribution in [-0.4, -0.2) is 5.75 Å². The summed E-state index contributed by atoms with van der Waals surface area (Å²) in [6.07, 6.45) is 0.474. The predicted molar refractivity (Wildman–Crippen MR) is 51.7 cm³/mol. The van der Waals surface area contributed by atoms with Gasteiger partial charge in [0.05, 0.1) is 5.56 Å². The highest BCUT2D eigenvalue weighted by atomic mass is 32.1. The second-order valence-corrected chi connectivity index (χ2v) is 2.97. The molecule has 1 rings (SSSR count). The van der Waals surface area contributed by atoms with E-state index in [9.17, 15) is 13.2 Å². The molecule has 0 aliphatic heterocycles. The highest BCUT2D eigenvalue weighted by Crippen LogP contribution is 2.12. The van der Waals surface area contributed by atoms with Crippen LogP contribution in [-0.2, 0) is 0 Å². The third-order valence-corrected chi connectivity index (χ3v) is 1.69. The van der Waals surface area contributed by atoms with Crippen LogP contribution in [0, 0.1) is 29.3 Å². The zero-order chi connectivity index (χ0) is 10.6. The van der Waals surface area contributed by atoms with Crippen molar-refractivity contribution in [1.29, 1.82) is 0 Å². The third-order valence-electron chi connectivity index (χ3n) is 1.47. The predicted octanol–water partition coefficient (Wildman–Crippen LogP) is 2.78. The van der Waals surface area contributed by atoms with Crippen molar-refractivity contribution in [2.24, 2.45) is 0 Å². The standard InChI is InChI=1S/C10H7F3S/c11-8-6-10(13)9(12)5-7(8)3-1-2-4-14/h5-6,14H,2,4H2. The molecule has 0 saturated carbocycles. The highest BCUT2D eigenvalue weighted by Gasteiger charge is 2.07. The first-order chi connectivity index (χ1) is 6.65. The van der Waals surface area contributed by atoms with E-state index in [0.717, 1.165) is 6.07 Å². The van der Waals surface area contributed by atoms with Crippen LogP contribution in [0.15, 0.2) is 12.1 Å². The summed E-state index contributed by atoms with van der Waals surface area (Å²) in [5.41, 5.74) is -0.134. The Morgan fingerprint density at radius 3 is 2.36 bits per heavy atom. The lowest BCUT2D eigenvalue weighted by Gasteiger charge is -1.95. The summed E-state index contributed by atoms with van der Waals surface area (Å²) in [6, 6.07) is 1.23. The first-order valence-electron chi connectivity index (χ1n) is 3.89. The van der Waals surface area contributed by atoms with Crippen LogP contribution >= 0.6 is 12.6 Å². The molecule has 0 amide bonds. The minimum Gasteiger partial charge on any atom is -0.206 e. The molecule has 0 unspecified atom stereocenters. The molecule has 1 aromatic rings. The number of halogens is 3. The molecule has 0 aliphatic carbocycles. The molecule has 0 aliphatic rings. The van der Waals surface area contributed by atoms with E-state index in [1.807, 2.05) is 0 Å². The van der Waals surface area contributed by atoms with Crippen LogP contribution in [0.5, 0.6) is 0 Å². The number of rotatable bonds is 1. The lowest BCUT2D eigenvalue weighted by molar-refractivity contribution is 0.494. The van der Waals surface area contributed by atoms with Gasteiger partial charge in [-0.2, -0.15) is 12.6 Å². The molecule has 0 radical (unpaired) electrons. The average molecular weight is 216 g/mol. The maximum Gasteiger partial charge on any atom is 0.161 e. The molecule has 0 fully saturated rings. The molecule has 14 heavy (non-hydrogen) atoms. The molecule has 74 valence electrons. The lowest BCUT2D eigenvalue weighted by Crippen LogP contribution is -1.90. The van der Waals surface area contributed by atoms with Gasteiger partial charge in [-0.1, -0.05) is 11.8 Å². The molecule has 0 atom stereocenters. The number of hydrogen-bond acceptors (Lipinski definition) is 1. The largest absolute Gasteiger partial charge is 0.206 e. The van der Waals surface area contributed by atoms with Crippen LogP contribution < -0.4 is 0 Å². The summed E-state index contributed by atoms with van der Waals surface area (Å²) in [7, 11) is 0. The second kappa shape index (κ2) is 4.97. The topological polar surface area (TPSA) is 0 Å². The third kappa shape index (κ3) is 2.71. The molecular formula is C10H7F3S. The molecule has 0 spiro atoms. The quantitative estimate of drug-likeness (QED) is 0.416. The van der Waals surface area contributed by atoms with Gasteiger partial charge < -0.3 is 0 Å². The fourth-order valence-corrected chi connectivity index (χ4v) is 0.944. The van der Waals surface area contributed by atoms with E-state index in [4.69, 9.17) is 0 Å². The van der Waals surface area contributed by atoms with Crippen molar-refractivity contribution in [2.75, 3.05) is 5.75 Å². The number of thiol groups is 1. The van der Waals surface area contributed by atoms with E-state index in [-0.39, 0.29) is 5.56 Å². The Labute approximate surface area is 85.5 Å². The van der Waals surface area contributed by atoms with Crippen molar-refractivity contribution >= 4 is 12.6 Å². The van der Waals surface area contributed by atoms with Crippen molar-refractivity contribution in [3.8, 4) is 11.8 Å². The minimum atomic E-state index is -1.21. The maximum absolute atomic E-state index is 12.9.